The van der Waals surface area contributed by atoms with Gasteiger partial charge in [0.15, 0.2) is 0 Å². The number of aromatic nitrogens is 2. The lowest BCUT2D eigenvalue weighted by Gasteiger charge is -2.25. The predicted molar refractivity (Wildman–Crippen MR) is 73.3 cm³/mol. The van der Waals surface area contributed by atoms with Gasteiger partial charge in [-0.3, -0.25) is 0 Å². The zero-order valence-corrected chi connectivity index (χ0v) is 11.6. The number of anilines is 1. The molecule has 0 aliphatic carbocycles. The van der Waals surface area contributed by atoms with Crippen LogP contribution in [0.1, 0.15) is 18.4 Å². The summed E-state index contributed by atoms with van der Waals surface area (Å²) in [5.41, 5.74) is -2.27. The van der Waals surface area contributed by atoms with E-state index in [0.29, 0.717) is 5.95 Å². The first-order valence-corrected chi connectivity index (χ1v) is 6.83. The van der Waals surface area contributed by atoms with Crippen molar-refractivity contribution in [3.63, 3.8) is 0 Å². The zero-order chi connectivity index (χ0) is 14.9. The van der Waals surface area contributed by atoms with Gasteiger partial charge in [0.25, 0.3) is 11.8 Å². The van der Waals surface area contributed by atoms with Crippen molar-refractivity contribution in [3.8, 4) is 0 Å². The van der Waals surface area contributed by atoms with Crippen molar-refractivity contribution in [1.29, 1.82) is 0 Å². The minimum absolute atomic E-state index is 0.111. The van der Waals surface area contributed by atoms with Gasteiger partial charge >= 0.3 is 0 Å². The third-order valence-corrected chi connectivity index (χ3v) is 3.60. The van der Waals surface area contributed by atoms with E-state index in [4.69, 9.17) is 4.52 Å². The molecule has 112 valence electrons. The van der Waals surface area contributed by atoms with Crippen LogP contribution >= 0.6 is 0 Å². The maximum Gasteiger partial charge on any atom is 0.270 e. The molecule has 1 N–H and O–H groups in total. The first-order valence-electron chi connectivity index (χ1n) is 6.83. The van der Waals surface area contributed by atoms with Gasteiger partial charge in [0.2, 0.25) is 5.67 Å². The molecule has 0 spiro atoms. The number of nitrogens with one attached hydrogen (secondary N) is 1. The average Bonchev–Trinajstić information content (AvgIpc) is 2.99. The Morgan fingerprint density at radius 2 is 2.00 bits per heavy atom. The van der Waals surface area contributed by atoms with Crippen molar-refractivity contribution in [2.45, 2.75) is 12.6 Å². The Bertz CT molecular complexity index is 623. The first-order chi connectivity index (χ1) is 10.1. The summed E-state index contributed by atoms with van der Waals surface area (Å²) in [4.78, 5) is 6.01. The predicted octanol–water partition coefficient (Wildman–Crippen LogP) is 1.85. The fourth-order valence-corrected chi connectivity index (χ4v) is 2.36. The summed E-state index contributed by atoms with van der Waals surface area (Å²) in [6, 6.07) is 5.67. The number of hydrogen-bond acceptors (Lipinski definition) is 5. The molecule has 2 aromatic rings. The molecule has 1 aliphatic heterocycles. The van der Waals surface area contributed by atoms with E-state index in [1.807, 2.05) is 4.90 Å². The molecular formula is C14H16F2N4O. The number of benzene rings is 1. The quantitative estimate of drug-likeness (QED) is 0.936. The summed E-state index contributed by atoms with van der Waals surface area (Å²) in [5.74, 6) is -0.530. The van der Waals surface area contributed by atoms with Crippen LogP contribution in [0.25, 0.3) is 0 Å². The van der Waals surface area contributed by atoms with Gasteiger partial charge in [-0.2, -0.15) is 4.98 Å². The monoisotopic (exact) mass is 294 g/mol. The molecule has 0 bridgehead atoms. The van der Waals surface area contributed by atoms with Crippen LogP contribution in [-0.2, 0) is 5.67 Å². The van der Waals surface area contributed by atoms with Crippen molar-refractivity contribution in [1.82, 2.24) is 15.5 Å². The summed E-state index contributed by atoms with van der Waals surface area (Å²) >= 11 is 0. The highest BCUT2D eigenvalue weighted by Gasteiger charge is 2.38. The standard InChI is InChI=1S/C14H16F2N4O/c1-14(16,10-4-2-3-5-11(10)15)12-18-13(19-21-12)20-8-6-17-7-9-20/h2-5,17H,6-9H2,1H3. The highest BCUT2D eigenvalue weighted by molar-refractivity contribution is 5.33. The van der Waals surface area contributed by atoms with E-state index in [0.717, 1.165) is 26.2 Å². The molecule has 2 heterocycles. The van der Waals surface area contributed by atoms with Crippen LogP contribution in [0.5, 0.6) is 0 Å². The molecular weight excluding hydrogens is 278 g/mol. The van der Waals surface area contributed by atoms with E-state index in [-0.39, 0.29) is 11.5 Å². The molecule has 21 heavy (non-hydrogen) atoms. The SMILES string of the molecule is CC(F)(c1nc(N2CCNCC2)no1)c1ccccc1F. The Hall–Kier alpha value is -2.02. The van der Waals surface area contributed by atoms with E-state index >= 15 is 0 Å². The number of halogens is 2. The van der Waals surface area contributed by atoms with Crippen LogP contribution in [0.3, 0.4) is 0 Å². The fourth-order valence-electron chi connectivity index (χ4n) is 2.36. The van der Waals surface area contributed by atoms with Crippen LogP contribution in [0.4, 0.5) is 14.7 Å². The van der Waals surface area contributed by atoms with E-state index in [1.54, 1.807) is 6.07 Å². The molecule has 1 fully saturated rings. The lowest BCUT2D eigenvalue weighted by Crippen LogP contribution is -2.44. The van der Waals surface area contributed by atoms with Crippen molar-refractivity contribution in [2.75, 3.05) is 31.1 Å². The summed E-state index contributed by atoms with van der Waals surface area (Å²) in [7, 11) is 0. The highest BCUT2D eigenvalue weighted by atomic mass is 19.1. The van der Waals surface area contributed by atoms with Crippen molar-refractivity contribution >= 4 is 5.95 Å². The van der Waals surface area contributed by atoms with Crippen LogP contribution in [0.2, 0.25) is 0 Å². The van der Waals surface area contributed by atoms with Gasteiger partial charge in [-0.1, -0.05) is 18.2 Å². The Balaban J connectivity index is 1.89. The molecule has 5 nitrogen and oxygen atoms in total. The van der Waals surface area contributed by atoms with E-state index < -0.39 is 11.5 Å². The van der Waals surface area contributed by atoms with E-state index in [1.165, 1.54) is 25.1 Å². The van der Waals surface area contributed by atoms with E-state index in [2.05, 4.69) is 15.5 Å². The first kappa shape index (κ1) is 13.9. The lowest BCUT2D eigenvalue weighted by molar-refractivity contribution is 0.173. The van der Waals surface area contributed by atoms with E-state index in [9.17, 15) is 8.78 Å². The molecule has 1 aromatic carbocycles. The molecule has 1 atom stereocenters. The third-order valence-electron chi connectivity index (χ3n) is 3.60. The normalized spacial score (nSPS) is 18.5. The molecule has 0 amide bonds. The van der Waals surface area contributed by atoms with Gasteiger partial charge in [-0.25, -0.2) is 8.78 Å². The Morgan fingerprint density at radius 1 is 1.29 bits per heavy atom. The summed E-state index contributed by atoms with van der Waals surface area (Å²) in [6.45, 7) is 4.29. The fraction of sp³-hybridized carbons (Fsp3) is 0.429. The van der Waals surface area contributed by atoms with Crippen LogP contribution in [0.15, 0.2) is 28.8 Å². The van der Waals surface area contributed by atoms with Crippen LogP contribution in [0, 0.1) is 5.82 Å². The number of alkyl halides is 1. The molecule has 0 radical (unpaired) electrons. The average molecular weight is 294 g/mol. The smallest absolute Gasteiger partial charge is 0.270 e. The molecule has 1 aromatic heterocycles. The molecule has 7 heteroatoms. The summed E-state index contributed by atoms with van der Waals surface area (Å²) < 4.78 is 33.7. The van der Waals surface area contributed by atoms with Gasteiger partial charge in [-0.05, 0) is 18.1 Å². The molecule has 1 aliphatic rings. The summed E-state index contributed by atoms with van der Waals surface area (Å²) in [5, 5.41) is 7.01. The Morgan fingerprint density at radius 3 is 2.71 bits per heavy atom. The van der Waals surface area contributed by atoms with Gasteiger partial charge in [0.1, 0.15) is 5.82 Å². The number of hydrogen-bond donors (Lipinski definition) is 1. The Kier molecular flexibility index (Phi) is 3.59. The largest absolute Gasteiger partial charge is 0.336 e. The zero-order valence-electron chi connectivity index (χ0n) is 11.6. The second kappa shape index (κ2) is 5.40. The number of nitrogens with zero attached hydrogens (tertiary/aromatic N) is 3. The van der Waals surface area contributed by atoms with Crippen LogP contribution in [-0.4, -0.2) is 36.3 Å². The van der Waals surface area contributed by atoms with Gasteiger partial charge in [0.05, 0.1) is 0 Å². The maximum absolute atomic E-state index is 14.9. The minimum atomic E-state index is -2.16. The van der Waals surface area contributed by atoms with Crippen molar-refractivity contribution in [2.24, 2.45) is 0 Å². The summed E-state index contributed by atoms with van der Waals surface area (Å²) in [6.07, 6.45) is 0. The van der Waals surface area contributed by atoms with Gasteiger partial charge in [-0.15, -0.1) is 0 Å². The van der Waals surface area contributed by atoms with Crippen LogP contribution < -0.4 is 10.2 Å². The Labute approximate surface area is 120 Å². The lowest BCUT2D eigenvalue weighted by atomic mass is 9.97. The number of rotatable bonds is 3. The third kappa shape index (κ3) is 2.61. The maximum atomic E-state index is 14.9. The molecule has 3 rings (SSSR count). The van der Waals surface area contributed by atoms with Gasteiger partial charge < -0.3 is 14.7 Å². The topological polar surface area (TPSA) is 54.2 Å². The van der Waals surface area contributed by atoms with Crippen molar-refractivity contribution in [3.05, 3.63) is 41.5 Å². The number of piperazine rings is 1. The van der Waals surface area contributed by atoms with Gasteiger partial charge in [0, 0.05) is 31.7 Å². The second-order valence-corrected chi connectivity index (χ2v) is 5.12. The molecule has 1 unspecified atom stereocenters. The minimum Gasteiger partial charge on any atom is -0.336 e. The highest BCUT2D eigenvalue weighted by Crippen LogP contribution is 2.34. The van der Waals surface area contributed by atoms with Crippen molar-refractivity contribution < 1.29 is 13.3 Å². The molecule has 0 saturated carbocycles. The molecule has 1 saturated heterocycles. The second-order valence-electron chi connectivity index (χ2n) is 5.12.